The van der Waals surface area contributed by atoms with Crippen LogP contribution < -0.4 is 0 Å². The average molecular weight is 319 g/mol. The molecule has 1 atom stereocenters. The van der Waals surface area contributed by atoms with Gasteiger partial charge in [-0.1, -0.05) is 18.2 Å². The van der Waals surface area contributed by atoms with Gasteiger partial charge in [-0.25, -0.2) is 4.39 Å². The Morgan fingerprint density at radius 2 is 2.04 bits per heavy atom. The zero-order valence-corrected chi connectivity index (χ0v) is 13.7. The maximum atomic E-state index is 13.8. The van der Waals surface area contributed by atoms with E-state index >= 15 is 0 Å². The van der Waals surface area contributed by atoms with Gasteiger partial charge in [-0.05, 0) is 43.6 Å². The average Bonchev–Trinajstić information content (AvgIpc) is 3.24. The highest BCUT2D eigenvalue weighted by Gasteiger charge is 2.52. The van der Waals surface area contributed by atoms with E-state index in [-0.39, 0.29) is 11.4 Å². The second-order valence-electron chi connectivity index (χ2n) is 7.44. The predicted octanol–water partition coefficient (Wildman–Crippen LogP) is 3.23. The molecule has 1 spiro atoms. The van der Waals surface area contributed by atoms with Crippen molar-refractivity contribution in [3.8, 4) is 0 Å². The van der Waals surface area contributed by atoms with E-state index in [1.54, 1.807) is 6.07 Å². The summed E-state index contributed by atoms with van der Waals surface area (Å²) in [6.45, 7) is 5.20. The Balaban J connectivity index is 1.25. The molecule has 126 valence electrons. The van der Waals surface area contributed by atoms with Gasteiger partial charge in [-0.2, -0.15) is 0 Å². The molecule has 23 heavy (non-hydrogen) atoms. The first kappa shape index (κ1) is 15.6. The molecule has 0 amide bonds. The first-order valence-corrected chi connectivity index (χ1v) is 8.93. The van der Waals surface area contributed by atoms with E-state index in [0.29, 0.717) is 12.5 Å². The first-order valence-electron chi connectivity index (χ1n) is 8.93. The summed E-state index contributed by atoms with van der Waals surface area (Å²) in [5.41, 5.74) is 0.790. The highest BCUT2D eigenvalue weighted by molar-refractivity contribution is 5.18. The SMILES string of the molecule is Fc1ccccc1CN1CC2(C1)OCCC2CCOCC1CC1. The molecule has 1 aliphatic carbocycles. The fourth-order valence-electron chi connectivity index (χ4n) is 3.99. The third-order valence-electron chi connectivity index (χ3n) is 5.60. The fourth-order valence-corrected chi connectivity index (χ4v) is 3.99. The summed E-state index contributed by atoms with van der Waals surface area (Å²) >= 11 is 0. The number of rotatable bonds is 7. The maximum absolute atomic E-state index is 13.8. The van der Waals surface area contributed by atoms with E-state index in [0.717, 1.165) is 57.2 Å². The Kier molecular flexibility index (Phi) is 4.39. The van der Waals surface area contributed by atoms with Gasteiger partial charge < -0.3 is 9.47 Å². The van der Waals surface area contributed by atoms with Gasteiger partial charge in [-0.3, -0.25) is 4.90 Å². The molecule has 1 saturated carbocycles. The third-order valence-corrected chi connectivity index (χ3v) is 5.60. The van der Waals surface area contributed by atoms with Gasteiger partial charge in [0, 0.05) is 45.0 Å². The van der Waals surface area contributed by atoms with Crippen molar-refractivity contribution in [2.75, 3.05) is 32.9 Å². The van der Waals surface area contributed by atoms with Gasteiger partial charge in [0.1, 0.15) is 5.82 Å². The van der Waals surface area contributed by atoms with Crippen LogP contribution in [0.1, 0.15) is 31.2 Å². The number of hydrogen-bond donors (Lipinski definition) is 0. The van der Waals surface area contributed by atoms with Crippen LogP contribution in [0.4, 0.5) is 4.39 Å². The lowest BCUT2D eigenvalue weighted by atomic mass is 9.79. The molecule has 3 aliphatic rings. The van der Waals surface area contributed by atoms with Gasteiger partial charge in [0.25, 0.3) is 0 Å². The zero-order valence-electron chi connectivity index (χ0n) is 13.7. The van der Waals surface area contributed by atoms with Crippen molar-refractivity contribution in [1.82, 2.24) is 4.90 Å². The Morgan fingerprint density at radius 3 is 2.83 bits per heavy atom. The number of likely N-dealkylation sites (tertiary alicyclic amines) is 1. The Hall–Kier alpha value is -0.970. The highest BCUT2D eigenvalue weighted by Crippen LogP contribution is 2.42. The smallest absolute Gasteiger partial charge is 0.127 e. The highest BCUT2D eigenvalue weighted by atomic mass is 19.1. The second kappa shape index (κ2) is 6.50. The second-order valence-corrected chi connectivity index (χ2v) is 7.44. The minimum Gasteiger partial charge on any atom is -0.381 e. The van der Waals surface area contributed by atoms with Crippen LogP contribution >= 0.6 is 0 Å². The molecule has 2 aliphatic heterocycles. The van der Waals surface area contributed by atoms with Crippen molar-refractivity contribution in [3.63, 3.8) is 0 Å². The molecular weight excluding hydrogens is 293 g/mol. The molecule has 0 aromatic heterocycles. The van der Waals surface area contributed by atoms with Crippen LogP contribution in [-0.4, -0.2) is 43.4 Å². The fraction of sp³-hybridized carbons (Fsp3) is 0.684. The summed E-state index contributed by atoms with van der Waals surface area (Å²) in [6, 6.07) is 7.06. The van der Waals surface area contributed by atoms with Gasteiger partial charge in [0.15, 0.2) is 0 Å². The number of benzene rings is 1. The van der Waals surface area contributed by atoms with Crippen molar-refractivity contribution < 1.29 is 13.9 Å². The summed E-state index contributed by atoms with van der Waals surface area (Å²) in [5, 5.41) is 0. The molecule has 4 rings (SSSR count). The summed E-state index contributed by atoms with van der Waals surface area (Å²) in [7, 11) is 0. The summed E-state index contributed by atoms with van der Waals surface area (Å²) in [5.74, 6) is 1.33. The van der Waals surface area contributed by atoms with Crippen molar-refractivity contribution in [2.45, 2.75) is 37.8 Å². The summed E-state index contributed by atoms with van der Waals surface area (Å²) in [4.78, 5) is 2.29. The first-order chi connectivity index (χ1) is 11.3. The number of halogens is 1. The van der Waals surface area contributed by atoms with Crippen molar-refractivity contribution in [3.05, 3.63) is 35.6 Å². The lowest BCUT2D eigenvalue weighted by molar-refractivity contribution is -0.139. The van der Waals surface area contributed by atoms with Gasteiger partial charge >= 0.3 is 0 Å². The maximum Gasteiger partial charge on any atom is 0.127 e. The molecule has 3 nitrogen and oxygen atoms in total. The number of ether oxygens (including phenoxy) is 2. The van der Waals surface area contributed by atoms with E-state index in [2.05, 4.69) is 4.90 Å². The molecule has 2 saturated heterocycles. The molecule has 1 aromatic rings. The summed E-state index contributed by atoms with van der Waals surface area (Å²) < 4.78 is 25.6. The Labute approximate surface area is 137 Å². The van der Waals surface area contributed by atoms with Gasteiger partial charge in [0.05, 0.1) is 5.60 Å². The Morgan fingerprint density at radius 1 is 1.22 bits per heavy atom. The predicted molar refractivity (Wildman–Crippen MR) is 86.6 cm³/mol. The molecule has 0 radical (unpaired) electrons. The van der Waals surface area contributed by atoms with E-state index < -0.39 is 0 Å². The third kappa shape index (κ3) is 3.44. The van der Waals surface area contributed by atoms with Crippen LogP contribution in [0.2, 0.25) is 0 Å². The largest absolute Gasteiger partial charge is 0.381 e. The summed E-state index contributed by atoms with van der Waals surface area (Å²) in [6.07, 6.45) is 4.93. The molecule has 4 heteroatoms. The standard InChI is InChI=1S/C19H26FNO2/c20-18-4-2-1-3-16(18)11-21-13-19(14-21)17(8-10-23-19)7-9-22-12-15-5-6-15/h1-4,15,17H,5-14H2. The molecule has 1 aromatic carbocycles. The molecule has 0 N–H and O–H groups in total. The van der Waals surface area contributed by atoms with Crippen molar-refractivity contribution in [1.29, 1.82) is 0 Å². The van der Waals surface area contributed by atoms with Crippen LogP contribution in [0.15, 0.2) is 24.3 Å². The topological polar surface area (TPSA) is 21.7 Å². The van der Waals surface area contributed by atoms with E-state index in [1.807, 2.05) is 12.1 Å². The lowest BCUT2D eigenvalue weighted by Crippen LogP contribution is -2.64. The normalized spacial score (nSPS) is 26.6. The van der Waals surface area contributed by atoms with Crippen molar-refractivity contribution >= 4 is 0 Å². The zero-order chi connectivity index (χ0) is 15.7. The van der Waals surface area contributed by atoms with Gasteiger partial charge in [-0.15, -0.1) is 0 Å². The molecular formula is C19H26FNO2. The van der Waals surface area contributed by atoms with Crippen LogP contribution in [-0.2, 0) is 16.0 Å². The van der Waals surface area contributed by atoms with Gasteiger partial charge in [0.2, 0.25) is 0 Å². The van der Waals surface area contributed by atoms with Crippen LogP contribution in [0, 0.1) is 17.7 Å². The Bertz CT molecular complexity index is 540. The van der Waals surface area contributed by atoms with E-state index in [4.69, 9.17) is 9.47 Å². The quantitative estimate of drug-likeness (QED) is 0.720. The number of hydrogen-bond acceptors (Lipinski definition) is 3. The minimum atomic E-state index is -0.106. The van der Waals surface area contributed by atoms with E-state index in [1.165, 1.54) is 18.9 Å². The lowest BCUT2D eigenvalue weighted by Gasteiger charge is -2.50. The molecule has 0 bridgehead atoms. The molecule has 1 unspecified atom stereocenters. The van der Waals surface area contributed by atoms with Crippen molar-refractivity contribution in [2.24, 2.45) is 11.8 Å². The molecule has 3 fully saturated rings. The van der Waals surface area contributed by atoms with Crippen LogP contribution in [0.5, 0.6) is 0 Å². The number of nitrogens with zero attached hydrogens (tertiary/aromatic N) is 1. The van der Waals surface area contributed by atoms with E-state index in [9.17, 15) is 4.39 Å². The van der Waals surface area contributed by atoms with Crippen LogP contribution in [0.25, 0.3) is 0 Å². The molecule has 2 heterocycles. The monoisotopic (exact) mass is 319 g/mol. The van der Waals surface area contributed by atoms with Crippen LogP contribution in [0.3, 0.4) is 0 Å². The minimum absolute atomic E-state index is 0.00813.